The van der Waals surface area contributed by atoms with Gasteiger partial charge < -0.3 is 14.7 Å². The van der Waals surface area contributed by atoms with E-state index in [1.807, 2.05) is 0 Å². The number of hydrogen-bond donors (Lipinski definition) is 0. The quantitative estimate of drug-likeness (QED) is 0.167. The summed E-state index contributed by atoms with van der Waals surface area (Å²) in [5.74, 6) is 0. The highest BCUT2D eigenvalue weighted by Crippen LogP contribution is 2.55. The van der Waals surface area contributed by atoms with E-state index < -0.39 is 0 Å². The van der Waals surface area contributed by atoms with Crippen molar-refractivity contribution in [3.05, 3.63) is 180 Å². The van der Waals surface area contributed by atoms with E-state index in [-0.39, 0.29) is 23.0 Å². The van der Waals surface area contributed by atoms with Gasteiger partial charge in [-0.3, -0.25) is 0 Å². The van der Waals surface area contributed by atoms with E-state index >= 15 is 0 Å². The Balaban J connectivity index is 1.20. The van der Waals surface area contributed by atoms with Crippen LogP contribution in [0.2, 0.25) is 0 Å². The smallest absolute Gasteiger partial charge is 0.252 e. The summed E-state index contributed by atoms with van der Waals surface area (Å²) in [5, 5.41) is 0. The SMILES string of the molecule is CC1(C)CCC(C)(C)c2cc(N3c4ccccc4B4c5cc6c(cc5N(c5ccccc5)c5cccc3c54)N(c3ccccc3)c3ccccc3C6(C)C)ccc21. The van der Waals surface area contributed by atoms with Gasteiger partial charge in [-0.1, -0.05) is 133 Å². The van der Waals surface area contributed by atoms with Crippen molar-refractivity contribution in [1.82, 2.24) is 0 Å². The number of hydrogen-bond acceptors (Lipinski definition) is 3. The van der Waals surface area contributed by atoms with E-state index in [0.717, 1.165) is 5.69 Å². The zero-order valence-electron chi connectivity index (χ0n) is 33.8. The van der Waals surface area contributed by atoms with Crippen LogP contribution in [0.1, 0.15) is 76.6 Å². The Hall–Kier alpha value is -6.00. The van der Waals surface area contributed by atoms with Gasteiger partial charge in [0.15, 0.2) is 0 Å². The van der Waals surface area contributed by atoms with Gasteiger partial charge in [-0.25, -0.2) is 0 Å². The second-order valence-electron chi connectivity index (χ2n) is 18.4. The zero-order chi connectivity index (χ0) is 38.8. The third-order valence-electron chi connectivity index (χ3n) is 13.9. The molecule has 0 spiro atoms. The average Bonchev–Trinajstić information content (AvgIpc) is 3.23. The van der Waals surface area contributed by atoms with Crippen LogP contribution in [-0.4, -0.2) is 6.71 Å². The second-order valence-corrected chi connectivity index (χ2v) is 18.4. The molecule has 278 valence electrons. The van der Waals surface area contributed by atoms with E-state index in [1.54, 1.807) is 0 Å². The molecule has 57 heavy (non-hydrogen) atoms. The highest BCUT2D eigenvalue weighted by Gasteiger charge is 2.46. The molecule has 7 aromatic rings. The van der Waals surface area contributed by atoms with Crippen LogP contribution >= 0.6 is 0 Å². The van der Waals surface area contributed by atoms with Gasteiger partial charge in [0.25, 0.3) is 6.71 Å². The molecular formula is C53H48BN3. The molecule has 0 saturated carbocycles. The van der Waals surface area contributed by atoms with Gasteiger partial charge in [-0.15, -0.1) is 0 Å². The van der Waals surface area contributed by atoms with Gasteiger partial charge in [0, 0.05) is 45.2 Å². The maximum absolute atomic E-state index is 2.58. The summed E-state index contributed by atoms with van der Waals surface area (Å²) in [7, 11) is 0. The first kappa shape index (κ1) is 34.3. The van der Waals surface area contributed by atoms with Crippen molar-refractivity contribution in [2.75, 3.05) is 14.7 Å². The Labute approximate surface area is 338 Å². The van der Waals surface area contributed by atoms with Crippen molar-refractivity contribution in [2.45, 2.75) is 70.6 Å². The van der Waals surface area contributed by atoms with E-state index in [9.17, 15) is 0 Å². The molecule has 3 nitrogen and oxygen atoms in total. The molecule has 0 N–H and O–H groups in total. The van der Waals surface area contributed by atoms with Crippen molar-refractivity contribution in [3.8, 4) is 0 Å². The predicted molar refractivity (Wildman–Crippen MR) is 243 cm³/mol. The highest BCUT2D eigenvalue weighted by molar-refractivity contribution is 7.00. The molecule has 7 aromatic carbocycles. The first-order chi connectivity index (χ1) is 27.5. The summed E-state index contributed by atoms with van der Waals surface area (Å²) in [6, 6.07) is 59.5. The first-order valence-corrected chi connectivity index (χ1v) is 20.7. The molecule has 0 saturated heterocycles. The Morgan fingerprint density at radius 1 is 0.368 bits per heavy atom. The molecule has 0 amide bonds. The molecule has 0 radical (unpaired) electrons. The summed E-state index contributed by atoms with van der Waals surface area (Å²) in [6.45, 7) is 14.6. The lowest BCUT2D eigenvalue weighted by Crippen LogP contribution is -2.61. The van der Waals surface area contributed by atoms with Crippen LogP contribution < -0.4 is 31.1 Å². The van der Waals surface area contributed by atoms with Crippen LogP contribution in [0.4, 0.5) is 51.2 Å². The molecule has 4 aliphatic rings. The standard InChI is InChI=1S/C53H48BN3/c1-51(2)30-31-52(3,4)40-32-37(28-29-38(40)51)57-45-25-16-14-23-42(45)54-43-33-41-48(55(35-18-9-7-10-19-35)44-24-15-13-22-39(44)53(41,5)6)34-49(43)56(36-20-11-8-12-21-36)46-26-17-27-47(57)50(46)54/h7-29,32-34H,30-31H2,1-6H3. The minimum Gasteiger partial charge on any atom is -0.311 e. The fourth-order valence-corrected chi connectivity index (χ4v) is 10.8. The van der Waals surface area contributed by atoms with Crippen LogP contribution in [0, 0.1) is 0 Å². The monoisotopic (exact) mass is 737 g/mol. The van der Waals surface area contributed by atoms with Crippen LogP contribution in [0.5, 0.6) is 0 Å². The van der Waals surface area contributed by atoms with Gasteiger partial charge in [0.1, 0.15) is 0 Å². The Morgan fingerprint density at radius 2 is 0.912 bits per heavy atom. The molecule has 1 aliphatic carbocycles. The molecule has 0 atom stereocenters. The number of rotatable bonds is 3. The van der Waals surface area contributed by atoms with Crippen molar-refractivity contribution in [2.24, 2.45) is 0 Å². The fourth-order valence-electron chi connectivity index (χ4n) is 10.8. The molecule has 0 bridgehead atoms. The molecule has 3 heterocycles. The normalized spacial score (nSPS) is 17.4. The number of nitrogens with zero attached hydrogens (tertiary/aromatic N) is 3. The predicted octanol–water partition coefficient (Wildman–Crippen LogP) is 12.2. The molecule has 0 fully saturated rings. The highest BCUT2D eigenvalue weighted by atomic mass is 15.2. The summed E-state index contributed by atoms with van der Waals surface area (Å²) in [6.07, 6.45) is 2.39. The van der Waals surface area contributed by atoms with Crippen molar-refractivity contribution >= 4 is 74.3 Å². The van der Waals surface area contributed by atoms with E-state index in [4.69, 9.17) is 0 Å². The van der Waals surface area contributed by atoms with E-state index in [0.29, 0.717) is 0 Å². The van der Waals surface area contributed by atoms with Crippen LogP contribution in [0.15, 0.2) is 158 Å². The lowest BCUT2D eigenvalue weighted by atomic mass is 9.33. The summed E-state index contributed by atoms with van der Waals surface area (Å²) >= 11 is 0. The average molecular weight is 738 g/mol. The summed E-state index contributed by atoms with van der Waals surface area (Å²) in [5.41, 5.74) is 20.7. The van der Waals surface area contributed by atoms with Crippen molar-refractivity contribution in [1.29, 1.82) is 0 Å². The van der Waals surface area contributed by atoms with Gasteiger partial charge in [0.2, 0.25) is 0 Å². The molecule has 0 aromatic heterocycles. The molecule has 3 aliphatic heterocycles. The second kappa shape index (κ2) is 12.0. The lowest BCUT2D eigenvalue weighted by Gasteiger charge is -2.47. The van der Waals surface area contributed by atoms with Crippen molar-refractivity contribution in [3.63, 3.8) is 0 Å². The topological polar surface area (TPSA) is 9.72 Å². The minimum atomic E-state index is -0.229. The summed E-state index contributed by atoms with van der Waals surface area (Å²) < 4.78 is 0. The Morgan fingerprint density at radius 3 is 1.60 bits per heavy atom. The number of anilines is 9. The lowest BCUT2D eigenvalue weighted by molar-refractivity contribution is 0.332. The fraction of sp³-hybridized carbons (Fsp3) is 0.208. The third kappa shape index (κ3) is 4.86. The number of benzene rings is 7. The van der Waals surface area contributed by atoms with E-state index in [2.05, 4.69) is 214 Å². The van der Waals surface area contributed by atoms with E-state index in [1.165, 1.54) is 97.0 Å². The maximum atomic E-state index is 2.58. The molecule has 4 heteroatoms. The third-order valence-corrected chi connectivity index (χ3v) is 13.9. The van der Waals surface area contributed by atoms with Gasteiger partial charge in [-0.2, -0.15) is 0 Å². The Kier molecular flexibility index (Phi) is 7.22. The largest absolute Gasteiger partial charge is 0.311 e. The van der Waals surface area contributed by atoms with Gasteiger partial charge in [0.05, 0.1) is 11.4 Å². The van der Waals surface area contributed by atoms with Crippen LogP contribution in [0.3, 0.4) is 0 Å². The maximum Gasteiger partial charge on any atom is 0.252 e. The van der Waals surface area contributed by atoms with Crippen LogP contribution in [-0.2, 0) is 16.2 Å². The van der Waals surface area contributed by atoms with Gasteiger partial charge >= 0.3 is 0 Å². The summed E-state index contributed by atoms with van der Waals surface area (Å²) in [4.78, 5) is 7.58. The molecule has 0 unspecified atom stereocenters. The Bertz CT molecular complexity index is 2750. The first-order valence-electron chi connectivity index (χ1n) is 20.7. The number of para-hydroxylation sites is 4. The van der Waals surface area contributed by atoms with Crippen LogP contribution in [0.25, 0.3) is 0 Å². The molecule has 11 rings (SSSR count). The van der Waals surface area contributed by atoms with Gasteiger partial charge in [-0.05, 0) is 129 Å². The van der Waals surface area contributed by atoms with Crippen molar-refractivity contribution < 1.29 is 0 Å². The minimum absolute atomic E-state index is 0.0510. The molecular weight excluding hydrogens is 689 g/mol. The number of fused-ring (bicyclic) bond motifs is 7. The zero-order valence-corrected chi connectivity index (χ0v) is 33.8.